The number of hydrogen-bond acceptors (Lipinski definition) is 0. The van der Waals surface area contributed by atoms with Crippen LogP contribution in [-0.4, -0.2) is 3.21 Å². The first-order valence-electron chi connectivity index (χ1n) is 13.2. The summed E-state index contributed by atoms with van der Waals surface area (Å²) in [5, 5.41) is 5.61. The smallest absolute Gasteiger partial charge is 0.109 e. The standard InChI is InChI=1S/C27H29.C5H5.C3H6.2ClH.Zr/c1-16-7-9-26(3,4)24-12-18-11-19-13-25-21(17(2)8-10-27(25,5)6)15-23(19)22(18)14-20(16)24;1-2-4-5-3-1;1-3-2;;;/h7-8,11-15H,9-10H2,1-6H3;1-3H,4H2;1-2H3;2*1H;/q2*-1;;;;+2/p-2. The van der Waals surface area contributed by atoms with E-state index in [1.807, 2.05) is 12.2 Å². The third kappa shape index (κ3) is 6.84. The quantitative estimate of drug-likeness (QED) is 0.334. The summed E-state index contributed by atoms with van der Waals surface area (Å²) in [7, 11) is 0. The van der Waals surface area contributed by atoms with Gasteiger partial charge >= 0.3 is 41.3 Å². The Hall–Kier alpha value is -1.40. The minimum Gasteiger partial charge on any atom is -1.00 e. The minimum absolute atomic E-state index is 0. The number of allylic oxidation sites excluding steroid dienone is 8. The number of fused-ring (bicyclic) bond motifs is 5. The Morgan fingerprint density at radius 1 is 0.789 bits per heavy atom. The second-order valence-electron chi connectivity index (χ2n) is 12.1. The summed E-state index contributed by atoms with van der Waals surface area (Å²) in [5.74, 6) is 0. The molecule has 0 nitrogen and oxygen atoms in total. The van der Waals surface area contributed by atoms with Crippen molar-refractivity contribution in [1.82, 2.24) is 0 Å². The van der Waals surface area contributed by atoms with Gasteiger partial charge in [-0.3, -0.25) is 6.08 Å². The monoisotopic (exact) mass is 620 g/mol. The van der Waals surface area contributed by atoms with E-state index < -0.39 is 0 Å². The molecule has 0 radical (unpaired) electrons. The molecule has 3 aliphatic carbocycles. The summed E-state index contributed by atoms with van der Waals surface area (Å²) in [6, 6.07) is 12.3. The predicted molar refractivity (Wildman–Crippen MR) is 158 cm³/mol. The van der Waals surface area contributed by atoms with E-state index >= 15 is 0 Å². The molecule has 0 amide bonds. The van der Waals surface area contributed by atoms with Gasteiger partial charge in [-0.15, -0.1) is 46.2 Å². The van der Waals surface area contributed by atoms with E-state index in [0.717, 1.165) is 19.3 Å². The van der Waals surface area contributed by atoms with Crippen molar-refractivity contribution >= 4 is 35.9 Å². The molecule has 0 spiro atoms. The molecule has 0 saturated heterocycles. The SMILES string of the molecule is CC1=CCC(C)(C)c2cc3[cH-]c4cc5c(cc4c3cc21)C(C)=CCC5(C)C.C[C](C)=[Zr+2].[C-]1=CC=CC1.[Cl-].[Cl-]. The van der Waals surface area contributed by atoms with Crippen LogP contribution >= 0.6 is 0 Å². The van der Waals surface area contributed by atoms with Crippen LogP contribution in [0.1, 0.15) is 96.9 Å². The molecule has 0 bridgehead atoms. The Balaban J connectivity index is 0.000000398. The van der Waals surface area contributed by atoms with E-state index in [2.05, 4.69) is 110 Å². The predicted octanol–water partition coefficient (Wildman–Crippen LogP) is 3.94. The summed E-state index contributed by atoms with van der Waals surface area (Å²) in [6.45, 7) is 18.3. The molecule has 0 aliphatic heterocycles. The first-order valence-corrected chi connectivity index (χ1v) is 14.4. The van der Waals surface area contributed by atoms with Crippen LogP contribution in [0.5, 0.6) is 0 Å². The molecule has 0 atom stereocenters. The number of rotatable bonds is 0. The van der Waals surface area contributed by atoms with Gasteiger partial charge in [-0.25, -0.2) is 12.2 Å². The molecular weight excluding hydrogens is 583 g/mol. The average molecular weight is 623 g/mol. The average Bonchev–Trinajstić information content (AvgIpc) is 3.49. The molecule has 3 aromatic rings. The summed E-state index contributed by atoms with van der Waals surface area (Å²) < 4.78 is 1.51. The van der Waals surface area contributed by atoms with E-state index in [1.54, 1.807) is 24.2 Å². The van der Waals surface area contributed by atoms with Crippen LogP contribution < -0.4 is 24.8 Å². The Morgan fingerprint density at radius 3 is 1.53 bits per heavy atom. The molecule has 0 unspecified atom stereocenters. The maximum atomic E-state index is 2.99. The third-order valence-electron chi connectivity index (χ3n) is 7.71. The van der Waals surface area contributed by atoms with Crippen molar-refractivity contribution < 1.29 is 49.0 Å². The van der Waals surface area contributed by atoms with Crippen LogP contribution in [-0.2, 0) is 35.1 Å². The van der Waals surface area contributed by atoms with Gasteiger partial charge in [0, 0.05) is 0 Å². The first-order chi connectivity index (χ1) is 16.9. The topological polar surface area (TPSA) is 0 Å². The second kappa shape index (κ2) is 12.8. The molecule has 0 saturated carbocycles. The van der Waals surface area contributed by atoms with Crippen LogP contribution in [0.25, 0.3) is 32.7 Å². The number of hydrogen-bond donors (Lipinski definition) is 0. The maximum Gasteiger partial charge on any atom is -0.109 e. The van der Waals surface area contributed by atoms with Gasteiger partial charge < -0.3 is 24.8 Å². The molecule has 0 aromatic heterocycles. The van der Waals surface area contributed by atoms with Gasteiger partial charge in [0.25, 0.3) is 0 Å². The fraction of sp³-hybridized carbons (Fsp3) is 0.371. The van der Waals surface area contributed by atoms with Crippen molar-refractivity contribution in [2.75, 3.05) is 0 Å². The van der Waals surface area contributed by atoms with Gasteiger partial charge in [0.2, 0.25) is 0 Å². The van der Waals surface area contributed by atoms with Gasteiger partial charge in [0.15, 0.2) is 0 Å². The van der Waals surface area contributed by atoms with Crippen LogP contribution in [0.2, 0.25) is 0 Å². The Kier molecular flexibility index (Phi) is 11.1. The van der Waals surface area contributed by atoms with Crippen LogP contribution in [0, 0.1) is 6.08 Å². The van der Waals surface area contributed by atoms with Crippen molar-refractivity contribution in [2.24, 2.45) is 0 Å². The van der Waals surface area contributed by atoms with Crippen molar-refractivity contribution in [3.8, 4) is 0 Å². The van der Waals surface area contributed by atoms with E-state index in [9.17, 15) is 0 Å². The summed E-state index contributed by atoms with van der Waals surface area (Å²) in [6.07, 6.45) is 17.1. The molecule has 3 heteroatoms. The van der Waals surface area contributed by atoms with Crippen molar-refractivity contribution in [3.63, 3.8) is 0 Å². The van der Waals surface area contributed by atoms with Crippen LogP contribution in [0.15, 0.2) is 60.7 Å². The Labute approximate surface area is 257 Å². The molecule has 3 aliphatic rings. The molecule has 3 aromatic carbocycles. The largest absolute Gasteiger partial charge is 1.00 e. The Bertz CT molecular complexity index is 1350. The minimum atomic E-state index is 0. The zero-order valence-corrected chi connectivity index (χ0v) is 28.1. The summed E-state index contributed by atoms with van der Waals surface area (Å²) in [4.78, 5) is 0. The van der Waals surface area contributed by atoms with Gasteiger partial charge in [0.05, 0.1) is 0 Å². The van der Waals surface area contributed by atoms with Crippen LogP contribution in [0.4, 0.5) is 0 Å². The zero-order valence-electron chi connectivity index (χ0n) is 24.2. The van der Waals surface area contributed by atoms with Crippen molar-refractivity contribution in [3.05, 3.63) is 89.0 Å². The van der Waals surface area contributed by atoms with Gasteiger partial charge in [-0.1, -0.05) is 63.1 Å². The maximum absolute atomic E-state index is 2.99. The van der Waals surface area contributed by atoms with Gasteiger partial charge in [0.1, 0.15) is 0 Å². The number of halogens is 2. The number of benzene rings is 2. The summed E-state index contributed by atoms with van der Waals surface area (Å²) in [5.41, 5.74) is 9.18. The molecule has 0 fully saturated rings. The Morgan fingerprint density at radius 2 is 1.21 bits per heavy atom. The van der Waals surface area contributed by atoms with Crippen molar-refractivity contribution in [1.29, 1.82) is 0 Å². The normalized spacial score (nSPS) is 17.4. The fourth-order valence-electron chi connectivity index (χ4n) is 5.47. The molecule has 38 heavy (non-hydrogen) atoms. The van der Waals surface area contributed by atoms with E-state index in [1.165, 1.54) is 58.2 Å². The van der Waals surface area contributed by atoms with E-state index in [-0.39, 0.29) is 35.6 Å². The molecule has 200 valence electrons. The fourth-order valence-corrected chi connectivity index (χ4v) is 5.47. The molecular formula is C35H40Cl2Zr-2. The molecule has 0 N–H and O–H groups in total. The molecule has 0 heterocycles. The van der Waals surface area contributed by atoms with E-state index in [0.29, 0.717) is 0 Å². The van der Waals surface area contributed by atoms with Gasteiger partial charge in [-0.05, 0) is 59.8 Å². The van der Waals surface area contributed by atoms with E-state index in [4.69, 9.17) is 0 Å². The van der Waals surface area contributed by atoms with Crippen LogP contribution in [0.3, 0.4) is 0 Å². The summed E-state index contributed by atoms with van der Waals surface area (Å²) >= 11 is 1.55. The van der Waals surface area contributed by atoms with Crippen molar-refractivity contribution in [2.45, 2.75) is 85.5 Å². The zero-order chi connectivity index (χ0) is 26.3. The third-order valence-corrected chi connectivity index (χ3v) is 7.71. The molecule has 6 rings (SSSR count). The first kappa shape index (κ1) is 32.8. The second-order valence-corrected chi connectivity index (χ2v) is 14.5. The van der Waals surface area contributed by atoms with Gasteiger partial charge in [-0.2, -0.15) is 6.08 Å².